The number of fused-ring (bicyclic) bond motifs is 1. The van der Waals surface area contributed by atoms with Gasteiger partial charge in [-0.05, 0) is 60.3 Å². The molecule has 2 heterocycles. The van der Waals surface area contributed by atoms with E-state index in [9.17, 15) is 9.59 Å². The number of rotatable bonds is 11. The Kier molecular flexibility index (Phi) is 7.93. The number of aromatic amines is 1. The Hall–Kier alpha value is -3.65. The van der Waals surface area contributed by atoms with Crippen molar-refractivity contribution in [3.63, 3.8) is 0 Å². The maximum absolute atomic E-state index is 12.8. The van der Waals surface area contributed by atoms with Gasteiger partial charge in [0.05, 0.1) is 12.1 Å². The predicted octanol–water partition coefficient (Wildman–Crippen LogP) is 5.80. The summed E-state index contributed by atoms with van der Waals surface area (Å²) < 4.78 is 0. The van der Waals surface area contributed by atoms with Crippen molar-refractivity contribution < 1.29 is 9.59 Å². The molecule has 0 aliphatic heterocycles. The number of thiophene rings is 1. The van der Waals surface area contributed by atoms with Gasteiger partial charge < -0.3 is 16.0 Å². The summed E-state index contributed by atoms with van der Waals surface area (Å²) in [5, 5.41) is 19.0. The summed E-state index contributed by atoms with van der Waals surface area (Å²) in [6.45, 7) is 3.60. The number of carbonyl (C=O) groups is 2. The normalized spacial score (nSPS) is 10.9. The molecule has 4 rings (SSSR count). The lowest BCUT2D eigenvalue weighted by molar-refractivity contribution is 0.0950. The van der Waals surface area contributed by atoms with Crippen LogP contribution >= 0.6 is 11.3 Å². The molecule has 4 aromatic rings. The maximum Gasteiger partial charge on any atom is 0.256 e. The minimum atomic E-state index is -0.254. The number of benzene rings is 2. The number of nitrogens with one attached hydrogen (secondary N) is 4. The van der Waals surface area contributed by atoms with Crippen LogP contribution in [0.4, 0.5) is 11.5 Å². The van der Waals surface area contributed by atoms with E-state index in [2.05, 4.69) is 33.1 Å². The average molecular weight is 476 g/mol. The molecule has 34 heavy (non-hydrogen) atoms. The number of H-pyrrole nitrogens is 1. The van der Waals surface area contributed by atoms with Gasteiger partial charge in [-0.2, -0.15) is 5.10 Å². The molecule has 0 saturated heterocycles. The lowest BCUT2D eigenvalue weighted by atomic mass is 10.1. The molecule has 0 aliphatic rings. The van der Waals surface area contributed by atoms with Crippen LogP contribution in [0.2, 0.25) is 0 Å². The van der Waals surface area contributed by atoms with E-state index >= 15 is 0 Å². The van der Waals surface area contributed by atoms with E-state index in [0.717, 1.165) is 29.0 Å². The molecule has 0 saturated carbocycles. The van der Waals surface area contributed by atoms with Gasteiger partial charge in [0.2, 0.25) is 0 Å². The van der Waals surface area contributed by atoms with Gasteiger partial charge in [0.15, 0.2) is 5.82 Å². The first-order chi connectivity index (χ1) is 16.6. The summed E-state index contributed by atoms with van der Waals surface area (Å²) in [4.78, 5) is 26.5. The third kappa shape index (κ3) is 6.02. The lowest BCUT2D eigenvalue weighted by Gasteiger charge is -2.08. The van der Waals surface area contributed by atoms with Crippen molar-refractivity contribution in [3.8, 4) is 0 Å². The number of unbranched alkanes of at least 4 members (excludes halogenated alkanes) is 3. The van der Waals surface area contributed by atoms with Gasteiger partial charge >= 0.3 is 0 Å². The average Bonchev–Trinajstić information content (AvgIpc) is 3.53. The number of amides is 2. The standard InChI is InChI=1S/C26H29N5O2S/c1-2-3-4-5-14-27-20-11-8-18(9-12-20)26(33)29-24-22-16-19(10-13-23(22)30-31-24)25(32)28-17-21-7-6-15-34-21/h6-13,15-16,27H,2-5,14,17H2,1H3,(H,28,32)(H2,29,30,31,33). The fourth-order valence-electron chi connectivity index (χ4n) is 3.64. The highest BCUT2D eigenvalue weighted by Crippen LogP contribution is 2.23. The molecule has 0 fully saturated rings. The van der Waals surface area contributed by atoms with E-state index in [1.54, 1.807) is 41.7 Å². The van der Waals surface area contributed by atoms with E-state index < -0.39 is 0 Å². The fraction of sp³-hybridized carbons (Fsp3) is 0.269. The van der Waals surface area contributed by atoms with Gasteiger partial charge in [-0.3, -0.25) is 14.7 Å². The summed E-state index contributed by atoms with van der Waals surface area (Å²) in [5.74, 6) is -0.0342. The zero-order chi connectivity index (χ0) is 23.8. The third-order valence-corrected chi connectivity index (χ3v) is 6.44. The van der Waals surface area contributed by atoms with E-state index in [4.69, 9.17) is 0 Å². The van der Waals surface area contributed by atoms with E-state index in [-0.39, 0.29) is 11.8 Å². The predicted molar refractivity (Wildman–Crippen MR) is 139 cm³/mol. The van der Waals surface area contributed by atoms with Crippen molar-refractivity contribution in [1.29, 1.82) is 0 Å². The molecule has 8 heteroatoms. The number of hydrogen-bond donors (Lipinski definition) is 4. The number of carbonyl (C=O) groups excluding carboxylic acids is 2. The Labute approximate surface area is 203 Å². The van der Waals surface area contributed by atoms with Gasteiger partial charge in [0, 0.05) is 33.6 Å². The van der Waals surface area contributed by atoms with Gasteiger partial charge in [0.1, 0.15) is 0 Å². The van der Waals surface area contributed by atoms with Crippen LogP contribution in [-0.2, 0) is 6.54 Å². The summed E-state index contributed by atoms with van der Waals surface area (Å²) in [7, 11) is 0. The molecule has 4 N–H and O–H groups in total. The summed E-state index contributed by atoms with van der Waals surface area (Å²) >= 11 is 1.60. The van der Waals surface area contributed by atoms with Crippen LogP contribution in [0.1, 0.15) is 58.2 Å². The van der Waals surface area contributed by atoms with E-state index in [1.165, 1.54) is 19.3 Å². The van der Waals surface area contributed by atoms with Crippen LogP contribution in [-0.4, -0.2) is 28.6 Å². The molecule has 0 unspecified atom stereocenters. The zero-order valence-corrected chi connectivity index (χ0v) is 20.0. The second kappa shape index (κ2) is 11.5. The van der Waals surface area contributed by atoms with Crippen molar-refractivity contribution >= 4 is 45.6 Å². The molecule has 0 bridgehead atoms. The van der Waals surface area contributed by atoms with Gasteiger partial charge in [-0.15, -0.1) is 11.3 Å². The zero-order valence-electron chi connectivity index (χ0n) is 19.2. The minimum absolute atomic E-state index is 0.174. The largest absolute Gasteiger partial charge is 0.385 e. The monoisotopic (exact) mass is 475 g/mol. The molecule has 7 nitrogen and oxygen atoms in total. The molecule has 2 amide bonds. The Morgan fingerprint density at radius 3 is 2.56 bits per heavy atom. The highest BCUT2D eigenvalue weighted by molar-refractivity contribution is 7.09. The number of hydrogen-bond acceptors (Lipinski definition) is 5. The van der Waals surface area contributed by atoms with Crippen molar-refractivity contribution in [2.75, 3.05) is 17.2 Å². The molecule has 0 atom stereocenters. The molecule has 2 aromatic carbocycles. The first kappa shape index (κ1) is 23.5. The Balaban J connectivity index is 1.38. The van der Waals surface area contributed by atoms with Crippen molar-refractivity contribution in [2.24, 2.45) is 0 Å². The molecule has 0 radical (unpaired) electrons. The summed E-state index contributed by atoms with van der Waals surface area (Å²) in [6, 6.07) is 16.6. The second-order valence-electron chi connectivity index (χ2n) is 8.11. The molecule has 2 aromatic heterocycles. The fourth-order valence-corrected chi connectivity index (χ4v) is 4.28. The SMILES string of the molecule is CCCCCCNc1ccc(C(=O)Nc2n[nH]c3ccc(C(=O)NCc4cccs4)cc23)cc1. The van der Waals surface area contributed by atoms with Gasteiger partial charge in [0.25, 0.3) is 11.8 Å². The topological polar surface area (TPSA) is 98.9 Å². The maximum atomic E-state index is 12.8. The summed E-state index contributed by atoms with van der Waals surface area (Å²) in [5.41, 5.74) is 2.79. The van der Waals surface area contributed by atoms with E-state index in [0.29, 0.717) is 28.9 Å². The molecular formula is C26H29N5O2S. The van der Waals surface area contributed by atoms with Crippen LogP contribution in [0.15, 0.2) is 60.0 Å². The Morgan fingerprint density at radius 1 is 0.971 bits per heavy atom. The number of anilines is 2. The molecular weight excluding hydrogens is 446 g/mol. The van der Waals surface area contributed by atoms with Crippen molar-refractivity contribution in [2.45, 2.75) is 39.2 Å². The second-order valence-corrected chi connectivity index (χ2v) is 9.15. The lowest BCUT2D eigenvalue weighted by Crippen LogP contribution is -2.22. The first-order valence-corrected chi connectivity index (χ1v) is 12.5. The molecule has 176 valence electrons. The van der Waals surface area contributed by atoms with Gasteiger partial charge in [-0.25, -0.2) is 0 Å². The Bertz CT molecular complexity index is 1230. The van der Waals surface area contributed by atoms with Gasteiger partial charge in [-0.1, -0.05) is 32.3 Å². The highest BCUT2D eigenvalue weighted by Gasteiger charge is 2.14. The van der Waals surface area contributed by atoms with Crippen LogP contribution in [0.25, 0.3) is 10.9 Å². The van der Waals surface area contributed by atoms with E-state index in [1.807, 2.05) is 29.6 Å². The quantitative estimate of drug-likeness (QED) is 0.206. The van der Waals surface area contributed by atoms with Crippen molar-refractivity contribution in [3.05, 3.63) is 76.0 Å². The number of aromatic nitrogens is 2. The minimum Gasteiger partial charge on any atom is -0.385 e. The third-order valence-electron chi connectivity index (χ3n) is 5.57. The van der Waals surface area contributed by atoms with Crippen molar-refractivity contribution in [1.82, 2.24) is 15.5 Å². The van der Waals surface area contributed by atoms with Crippen LogP contribution in [0.3, 0.4) is 0 Å². The summed E-state index contributed by atoms with van der Waals surface area (Å²) in [6.07, 6.45) is 4.83. The van der Waals surface area contributed by atoms with Crippen LogP contribution in [0, 0.1) is 0 Å². The van der Waals surface area contributed by atoms with Crippen LogP contribution in [0.5, 0.6) is 0 Å². The van der Waals surface area contributed by atoms with Crippen LogP contribution < -0.4 is 16.0 Å². The Morgan fingerprint density at radius 2 is 1.79 bits per heavy atom. The highest BCUT2D eigenvalue weighted by atomic mass is 32.1. The number of nitrogens with zero attached hydrogens (tertiary/aromatic N) is 1. The molecule has 0 spiro atoms. The smallest absolute Gasteiger partial charge is 0.256 e. The molecule has 0 aliphatic carbocycles. The first-order valence-electron chi connectivity index (χ1n) is 11.6.